The van der Waals surface area contributed by atoms with E-state index in [1.807, 2.05) is 85.5 Å². The van der Waals surface area contributed by atoms with Crippen molar-refractivity contribution in [3.63, 3.8) is 0 Å². The van der Waals surface area contributed by atoms with Gasteiger partial charge in [-0.3, -0.25) is 14.4 Å². The van der Waals surface area contributed by atoms with Crippen LogP contribution in [0.2, 0.25) is 5.02 Å². The average Bonchev–Trinajstić information content (AvgIpc) is 3.28. The second-order valence-electron chi connectivity index (χ2n) is 11.5. The third kappa shape index (κ3) is 4.51. The van der Waals surface area contributed by atoms with Gasteiger partial charge in [-0.15, -0.1) is 11.8 Å². The van der Waals surface area contributed by atoms with Gasteiger partial charge in [0.15, 0.2) is 0 Å². The van der Waals surface area contributed by atoms with Crippen LogP contribution in [0.4, 0.5) is 5.69 Å². The van der Waals surface area contributed by atoms with Crippen molar-refractivity contribution < 1.29 is 19.5 Å². The zero-order chi connectivity index (χ0) is 28.9. The molecule has 1 N–H and O–H groups in total. The molecule has 4 aliphatic heterocycles. The van der Waals surface area contributed by atoms with Gasteiger partial charge in [0.1, 0.15) is 6.04 Å². The van der Waals surface area contributed by atoms with Crippen LogP contribution < -0.4 is 4.90 Å². The van der Waals surface area contributed by atoms with Crippen LogP contribution in [0.3, 0.4) is 0 Å². The lowest BCUT2D eigenvalue weighted by atomic mass is 9.78. The maximum absolute atomic E-state index is 14.6. The van der Waals surface area contributed by atoms with Crippen molar-refractivity contribution in [2.24, 2.45) is 17.8 Å². The van der Waals surface area contributed by atoms with Gasteiger partial charge in [0.25, 0.3) is 5.91 Å². The Morgan fingerprint density at radius 2 is 1.71 bits per heavy atom. The van der Waals surface area contributed by atoms with Crippen LogP contribution in [0.1, 0.15) is 19.4 Å². The highest BCUT2D eigenvalue weighted by atomic mass is 35.5. The first-order chi connectivity index (χ1) is 19.8. The van der Waals surface area contributed by atoms with E-state index in [9.17, 15) is 19.5 Å². The summed E-state index contributed by atoms with van der Waals surface area (Å²) in [5.41, 5.74) is 1.59. The van der Waals surface area contributed by atoms with Gasteiger partial charge in [0.05, 0.1) is 39.9 Å². The number of benzene rings is 2. The van der Waals surface area contributed by atoms with Gasteiger partial charge in [0, 0.05) is 24.9 Å². The molecule has 6 rings (SSSR count). The van der Waals surface area contributed by atoms with Crippen LogP contribution >= 0.6 is 23.4 Å². The quantitative estimate of drug-likeness (QED) is 0.511. The first-order valence-corrected chi connectivity index (χ1v) is 15.4. The minimum atomic E-state index is -0.961. The number of thioether (sulfide) groups is 1. The smallest absolute Gasteiger partial charge is 0.251 e. The molecule has 41 heavy (non-hydrogen) atoms. The highest BCUT2D eigenvalue weighted by Crippen LogP contribution is 2.61. The first-order valence-electron chi connectivity index (χ1n) is 14.1. The van der Waals surface area contributed by atoms with Gasteiger partial charge in [-0.25, -0.2) is 0 Å². The second-order valence-corrected chi connectivity index (χ2v) is 13.4. The number of aliphatic hydroxyl groups excluding tert-OH is 1. The maximum atomic E-state index is 14.6. The summed E-state index contributed by atoms with van der Waals surface area (Å²) in [6.07, 6.45) is 7.98. The molecule has 0 aliphatic carbocycles. The molecule has 2 aromatic rings. The van der Waals surface area contributed by atoms with Crippen molar-refractivity contribution in [3.05, 3.63) is 89.5 Å². The summed E-state index contributed by atoms with van der Waals surface area (Å²) in [4.78, 5) is 48.5. The number of carbonyl (C=O) groups excluding carboxylic acids is 3. The summed E-state index contributed by atoms with van der Waals surface area (Å²) in [6.45, 7) is 4.80. The fourth-order valence-electron chi connectivity index (χ4n) is 6.94. The summed E-state index contributed by atoms with van der Waals surface area (Å²) in [6, 6.07) is 15.6. The van der Waals surface area contributed by atoms with E-state index < -0.39 is 28.7 Å². The lowest BCUT2D eigenvalue weighted by molar-refractivity contribution is -0.145. The van der Waals surface area contributed by atoms with E-state index in [1.165, 1.54) is 0 Å². The largest absolute Gasteiger partial charge is 0.394 e. The number of rotatable bonds is 6. The maximum Gasteiger partial charge on any atom is 0.251 e. The summed E-state index contributed by atoms with van der Waals surface area (Å²) in [5, 5.41) is 10.7. The summed E-state index contributed by atoms with van der Waals surface area (Å²) in [7, 11) is 0. The summed E-state index contributed by atoms with van der Waals surface area (Å²) in [5.74, 6) is -2.04. The molecule has 3 amide bonds. The third-order valence-electron chi connectivity index (χ3n) is 8.85. The molecule has 0 aromatic heterocycles. The Morgan fingerprint density at radius 1 is 0.976 bits per heavy atom. The lowest BCUT2D eigenvalue weighted by Crippen LogP contribution is -2.57. The average molecular weight is 592 g/mol. The Bertz CT molecular complexity index is 1410. The number of likely N-dealkylation sites (tertiary alicyclic amines) is 1. The fraction of sp³-hybridized carbons (Fsp3) is 0.406. The number of carbonyl (C=O) groups is 3. The molecule has 2 saturated heterocycles. The van der Waals surface area contributed by atoms with Crippen LogP contribution in [-0.2, 0) is 20.9 Å². The topological polar surface area (TPSA) is 81.2 Å². The first kappa shape index (κ1) is 28.1. The van der Waals surface area contributed by atoms with Crippen molar-refractivity contribution >= 4 is 46.8 Å². The van der Waals surface area contributed by atoms with Crippen LogP contribution in [0.25, 0.3) is 0 Å². The molecule has 9 heteroatoms. The van der Waals surface area contributed by atoms with Crippen molar-refractivity contribution in [2.45, 2.75) is 42.5 Å². The molecule has 4 aliphatic rings. The van der Waals surface area contributed by atoms with Crippen molar-refractivity contribution in [3.8, 4) is 0 Å². The van der Waals surface area contributed by atoms with Gasteiger partial charge in [-0.1, -0.05) is 92.2 Å². The van der Waals surface area contributed by atoms with Crippen molar-refractivity contribution in [2.75, 3.05) is 24.6 Å². The van der Waals surface area contributed by atoms with Gasteiger partial charge >= 0.3 is 0 Å². The van der Waals surface area contributed by atoms with Crippen molar-refractivity contribution in [1.29, 1.82) is 0 Å². The Labute approximate surface area is 249 Å². The van der Waals surface area contributed by atoms with E-state index in [0.29, 0.717) is 30.3 Å². The molecular formula is C32H34ClN3O4S. The molecule has 0 radical (unpaired) electrons. The molecule has 2 fully saturated rings. The summed E-state index contributed by atoms with van der Waals surface area (Å²) < 4.78 is -0.961. The zero-order valence-electron chi connectivity index (χ0n) is 23.1. The molecule has 7 nitrogen and oxygen atoms in total. The van der Waals surface area contributed by atoms with Crippen LogP contribution in [0, 0.1) is 17.8 Å². The van der Waals surface area contributed by atoms with E-state index in [2.05, 4.69) is 0 Å². The predicted octanol–water partition coefficient (Wildman–Crippen LogP) is 4.16. The number of nitrogens with zero attached hydrogens (tertiary/aromatic N) is 3. The van der Waals surface area contributed by atoms with E-state index in [0.717, 1.165) is 5.56 Å². The number of anilines is 1. The van der Waals surface area contributed by atoms with Crippen molar-refractivity contribution in [1.82, 2.24) is 9.80 Å². The standard InChI is InChI=1S/C32H34ClN3O4S/c1-20(2)24(19-37)36-28-31(40)35(23-13-7-6-12-22(23)33)17-9-15-32(28)27(30(36)39)26-25(41-32)14-8-16-34(29(26)38)18-21-10-4-3-5-11-21/h3-15,20,24-28,37H,16-19H2,1-2H3/t24-,25+,26-,27-,28?,32-/m0/s1. The Hall–Kier alpha value is -3.07. The van der Waals surface area contributed by atoms with Crippen LogP contribution in [0.5, 0.6) is 0 Å². The normalized spacial score (nSPS) is 29.9. The number of amides is 3. The van der Waals surface area contributed by atoms with E-state index in [4.69, 9.17) is 11.6 Å². The third-order valence-corrected chi connectivity index (χ3v) is 10.9. The van der Waals surface area contributed by atoms with Gasteiger partial charge in [-0.05, 0) is 23.6 Å². The highest BCUT2D eigenvalue weighted by molar-refractivity contribution is 8.02. The molecule has 1 unspecified atom stereocenters. The SMILES string of the molecule is CC(C)[C@H](CO)N1C(=O)[C@@H]2[C@H]3C(=O)N(Cc4ccccc4)CC=C[C@H]3S[C@@]23C=CCN(c2ccccc2Cl)C(=O)C13. The molecule has 6 atom stereocenters. The van der Waals surface area contributed by atoms with E-state index in [1.54, 1.807) is 33.7 Å². The van der Waals surface area contributed by atoms with Crippen LogP contribution in [-0.4, -0.2) is 74.4 Å². The number of hydrogen-bond acceptors (Lipinski definition) is 5. The predicted molar refractivity (Wildman–Crippen MR) is 161 cm³/mol. The molecule has 214 valence electrons. The molecule has 2 aromatic carbocycles. The fourth-order valence-corrected chi connectivity index (χ4v) is 9.17. The minimum absolute atomic E-state index is 0.0784. The zero-order valence-corrected chi connectivity index (χ0v) is 24.7. The van der Waals surface area contributed by atoms with E-state index >= 15 is 0 Å². The number of hydrogen-bond donors (Lipinski definition) is 1. The van der Waals surface area contributed by atoms with Gasteiger partial charge in [-0.2, -0.15) is 0 Å². The number of para-hydroxylation sites is 1. The number of fused-ring (bicyclic) bond motifs is 2. The molecule has 4 heterocycles. The number of aliphatic hydroxyl groups is 1. The molecule has 0 bridgehead atoms. The van der Waals surface area contributed by atoms with Gasteiger partial charge < -0.3 is 19.8 Å². The van der Waals surface area contributed by atoms with Gasteiger partial charge in [0.2, 0.25) is 11.8 Å². The van der Waals surface area contributed by atoms with Crippen LogP contribution in [0.15, 0.2) is 78.9 Å². The Kier molecular flexibility index (Phi) is 7.51. The molecule has 0 saturated carbocycles. The number of halogens is 1. The van der Waals surface area contributed by atoms with E-state index in [-0.39, 0.29) is 35.5 Å². The lowest BCUT2D eigenvalue weighted by Gasteiger charge is -2.39. The second kappa shape index (κ2) is 11.0. The minimum Gasteiger partial charge on any atom is -0.394 e. The Morgan fingerprint density at radius 3 is 2.41 bits per heavy atom. The monoisotopic (exact) mass is 591 g/mol. The molecular weight excluding hydrogens is 558 g/mol. The highest BCUT2D eigenvalue weighted by Gasteiger charge is 2.72. The Balaban J connectivity index is 1.45. The molecule has 1 spiro atoms. The summed E-state index contributed by atoms with van der Waals surface area (Å²) >= 11 is 8.09.